The monoisotopic (exact) mass is 470 g/mol. The number of rotatable bonds is 6. The average Bonchev–Trinajstić information content (AvgIpc) is 2.77. The molecular formula is C22H19ClN4O4S. The Kier molecular flexibility index (Phi) is 6.48. The van der Waals surface area contributed by atoms with Crippen LogP contribution in [0, 0.1) is 0 Å². The third kappa shape index (κ3) is 4.95. The molecule has 1 atom stereocenters. The lowest BCUT2D eigenvalue weighted by Gasteiger charge is -2.23. The highest BCUT2D eigenvalue weighted by Gasteiger charge is 2.34. The molecule has 2 amide bonds. The third-order valence-corrected chi connectivity index (χ3v) is 6.05. The van der Waals surface area contributed by atoms with Crippen LogP contribution >= 0.6 is 23.4 Å². The number of thioether (sulfide) groups is 1. The molecule has 0 radical (unpaired) electrons. The van der Waals surface area contributed by atoms with Crippen molar-refractivity contribution in [2.45, 2.75) is 23.2 Å². The predicted molar refractivity (Wildman–Crippen MR) is 123 cm³/mol. The molecule has 1 aliphatic rings. The molecule has 2 aromatic carbocycles. The highest BCUT2D eigenvalue weighted by Crippen LogP contribution is 2.31. The number of ether oxygens (including phenoxy) is 1. The molecule has 32 heavy (non-hydrogen) atoms. The van der Waals surface area contributed by atoms with Crippen LogP contribution in [0.4, 0.5) is 11.5 Å². The van der Waals surface area contributed by atoms with Crippen molar-refractivity contribution in [1.29, 1.82) is 0 Å². The number of fused-ring (bicyclic) bond motifs is 1. The highest BCUT2D eigenvalue weighted by atomic mass is 35.5. The van der Waals surface area contributed by atoms with Gasteiger partial charge in [-0.25, -0.2) is 4.98 Å². The van der Waals surface area contributed by atoms with E-state index in [0.717, 1.165) is 5.56 Å². The molecule has 0 bridgehead atoms. The van der Waals surface area contributed by atoms with Gasteiger partial charge in [-0.1, -0.05) is 35.5 Å². The molecule has 0 saturated heterocycles. The third-order valence-electron chi connectivity index (χ3n) is 4.87. The first-order valence-corrected chi connectivity index (χ1v) is 11.1. The van der Waals surface area contributed by atoms with Gasteiger partial charge in [0.25, 0.3) is 5.56 Å². The molecule has 0 spiro atoms. The molecule has 0 unspecified atom stereocenters. The summed E-state index contributed by atoms with van der Waals surface area (Å²) < 4.78 is 5.10. The molecule has 0 aliphatic carbocycles. The summed E-state index contributed by atoms with van der Waals surface area (Å²) in [5.74, 6) is -0.516. The zero-order chi connectivity index (χ0) is 22.7. The van der Waals surface area contributed by atoms with Crippen LogP contribution in [0.25, 0.3) is 0 Å². The van der Waals surface area contributed by atoms with E-state index in [4.69, 9.17) is 16.3 Å². The number of carbonyl (C=O) groups is 2. The molecule has 3 N–H and O–H groups in total. The molecule has 1 aromatic heterocycles. The molecule has 4 rings (SSSR count). The fraction of sp³-hybridized carbons (Fsp3) is 0.182. The average molecular weight is 471 g/mol. The van der Waals surface area contributed by atoms with E-state index in [0.29, 0.717) is 27.4 Å². The van der Waals surface area contributed by atoms with E-state index in [9.17, 15) is 14.4 Å². The number of amides is 2. The topological polar surface area (TPSA) is 113 Å². The summed E-state index contributed by atoms with van der Waals surface area (Å²) in [5.41, 5.74) is 1.17. The summed E-state index contributed by atoms with van der Waals surface area (Å²) >= 11 is 7.30. The van der Waals surface area contributed by atoms with Gasteiger partial charge in [0.05, 0.1) is 18.6 Å². The minimum atomic E-state index is -0.955. The zero-order valence-electron chi connectivity index (χ0n) is 17.0. The molecule has 0 fully saturated rings. The van der Waals surface area contributed by atoms with E-state index in [1.807, 2.05) is 18.2 Å². The Morgan fingerprint density at radius 3 is 2.75 bits per heavy atom. The molecule has 8 nitrogen and oxygen atoms in total. The van der Waals surface area contributed by atoms with Gasteiger partial charge in [0.15, 0.2) is 5.16 Å². The van der Waals surface area contributed by atoms with E-state index in [1.54, 1.807) is 37.4 Å². The van der Waals surface area contributed by atoms with Gasteiger partial charge in [-0.3, -0.25) is 14.4 Å². The maximum atomic E-state index is 12.9. The lowest BCUT2D eigenvalue weighted by Crippen LogP contribution is -2.36. The van der Waals surface area contributed by atoms with Gasteiger partial charge in [-0.05, 0) is 42.0 Å². The number of H-pyrrole nitrogens is 1. The SMILES string of the molecule is COc1ccc(NC(=O)[C@H]2CC(=O)Nc3nc(SCc4cccc(Cl)c4)[nH]c(=O)c32)cc1. The largest absolute Gasteiger partial charge is 0.497 e. The van der Waals surface area contributed by atoms with Crippen LogP contribution in [-0.2, 0) is 15.3 Å². The Balaban J connectivity index is 1.55. The number of nitrogens with one attached hydrogen (secondary N) is 3. The van der Waals surface area contributed by atoms with Crippen LogP contribution in [-0.4, -0.2) is 28.9 Å². The first-order chi connectivity index (χ1) is 15.4. The maximum Gasteiger partial charge on any atom is 0.257 e. The van der Waals surface area contributed by atoms with Gasteiger partial charge in [0.1, 0.15) is 11.6 Å². The molecule has 3 aromatic rings. The summed E-state index contributed by atoms with van der Waals surface area (Å²) in [5, 5.41) is 6.31. The Hall–Kier alpha value is -3.30. The molecule has 164 valence electrons. The normalized spacial score (nSPS) is 14.9. The number of anilines is 2. The summed E-state index contributed by atoms with van der Waals surface area (Å²) in [6.45, 7) is 0. The maximum absolute atomic E-state index is 12.9. The van der Waals surface area contributed by atoms with Gasteiger partial charge in [-0.2, -0.15) is 0 Å². The number of hydrogen-bond acceptors (Lipinski definition) is 6. The van der Waals surface area contributed by atoms with Crippen molar-refractivity contribution >= 4 is 46.7 Å². The molecule has 2 heterocycles. The van der Waals surface area contributed by atoms with Gasteiger partial charge >= 0.3 is 0 Å². The number of aromatic nitrogens is 2. The van der Waals surface area contributed by atoms with Gasteiger partial charge < -0.3 is 20.4 Å². The fourth-order valence-corrected chi connectivity index (χ4v) is 4.34. The second-order valence-electron chi connectivity index (χ2n) is 7.07. The number of methoxy groups -OCH3 is 1. The van der Waals surface area contributed by atoms with Crippen molar-refractivity contribution < 1.29 is 14.3 Å². The second-order valence-corrected chi connectivity index (χ2v) is 8.48. The smallest absolute Gasteiger partial charge is 0.257 e. The predicted octanol–water partition coefficient (Wildman–Crippen LogP) is 3.79. The molecule has 10 heteroatoms. The fourth-order valence-electron chi connectivity index (χ4n) is 3.33. The minimum absolute atomic E-state index is 0.105. The number of nitrogens with zero attached hydrogens (tertiary/aromatic N) is 1. The minimum Gasteiger partial charge on any atom is -0.497 e. The van der Waals surface area contributed by atoms with Crippen LogP contribution < -0.4 is 20.9 Å². The Labute approximate surface area is 192 Å². The molecule has 1 aliphatic heterocycles. The summed E-state index contributed by atoms with van der Waals surface area (Å²) in [6, 6.07) is 14.1. The van der Waals surface area contributed by atoms with Gasteiger partial charge in [-0.15, -0.1) is 0 Å². The first-order valence-electron chi connectivity index (χ1n) is 9.69. The lowest BCUT2D eigenvalue weighted by atomic mass is 9.92. The van der Waals surface area contributed by atoms with Gasteiger partial charge in [0, 0.05) is 22.9 Å². The summed E-state index contributed by atoms with van der Waals surface area (Å²) in [4.78, 5) is 45.0. The summed E-state index contributed by atoms with van der Waals surface area (Å²) in [6.07, 6.45) is -0.144. The van der Waals surface area contributed by atoms with Crippen molar-refractivity contribution in [3.05, 3.63) is 75.0 Å². The molecule has 0 saturated carbocycles. The number of carbonyl (C=O) groups excluding carboxylic acids is 2. The zero-order valence-corrected chi connectivity index (χ0v) is 18.5. The van der Waals surface area contributed by atoms with E-state index < -0.39 is 17.4 Å². The Morgan fingerprint density at radius 2 is 2.03 bits per heavy atom. The quantitative estimate of drug-likeness (QED) is 0.373. The van der Waals surface area contributed by atoms with Crippen molar-refractivity contribution in [3.63, 3.8) is 0 Å². The Bertz CT molecular complexity index is 1230. The van der Waals surface area contributed by atoms with Crippen molar-refractivity contribution in [2.75, 3.05) is 17.7 Å². The van der Waals surface area contributed by atoms with E-state index >= 15 is 0 Å². The standard InChI is InChI=1S/C22H19ClN4O4S/c1-31-15-7-5-14(6-8-15)24-20(29)16-10-17(28)25-19-18(16)21(30)27-22(26-19)32-11-12-3-2-4-13(23)9-12/h2-9,16H,10-11H2,1H3,(H,24,29)(H2,25,26,27,28,30)/t16-/m0/s1. The van der Waals surface area contributed by atoms with E-state index in [1.165, 1.54) is 11.8 Å². The van der Waals surface area contributed by atoms with Crippen molar-refractivity contribution in [3.8, 4) is 5.75 Å². The number of benzene rings is 2. The first kappa shape index (κ1) is 21.9. The van der Waals surface area contributed by atoms with Gasteiger partial charge in [0.2, 0.25) is 11.8 Å². The van der Waals surface area contributed by atoms with E-state index in [-0.39, 0.29) is 23.7 Å². The van der Waals surface area contributed by atoms with Crippen molar-refractivity contribution in [2.24, 2.45) is 0 Å². The molecular weight excluding hydrogens is 452 g/mol. The van der Waals surface area contributed by atoms with Crippen LogP contribution in [0.3, 0.4) is 0 Å². The second kappa shape index (κ2) is 9.46. The van der Waals surface area contributed by atoms with Crippen LogP contribution in [0.1, 0.15) is 23.5 Å². The Morgan fingerprint density at radius 1 is 1.25 bits per heavy atom. The van der Waals surface area contributed by atoms with E-state index in [2.05, 4.69) is 20.6 Å². The van der Waals surface area contributed by atoms with Crippen LogP contribution in [0.5, 0.6) is 5.75 Å². The van der Waals surface area contributed by atoms with Crippen molar-refractivity contribution in [1.82, 2.24) is 9.97 Å². The van der Waals surface area contributed by atoms with Crippen LogP contribution in [0.2, 0.25) is 5.02 Å². The van der Waals surface area contributed by atoms with Crippen LogP contribution in [0.15, 0.2) is 58.5 Å². The lowest BCUT2D eigenvalue weighted by molar-refractivity contribution is -0.123. The highest BCUT2D eigenvalue weighted by molar-refractivity contribution is 7.98. The summed E-state index contributed by atoms with van der Waals surface area (Å²) in [7, 11) is 1.55. The number of hydrogen-bond donors (Lipinski definition) is 3. The number of aromatic amines is 1. The number of halogens is 1.